The van der Waals surface area contributed by atoms with Crippen LogP contribution in [-0.4, -0.2) is 36.6 Å². The van der Waals surface area contributed by atoms with Gasteiger partial charge < -0.3 is 5.32 Å². The van der Waals surface area contributed by atoms with Crippen LogP contribution in [-0.2, 0) is 0 Å². The van der Waals surface area contributed by atoms with Gasteiger partial charge in [0.05, 0.1) is 0 Å². The number of nitrogens with zero attached hydrogens (tertiary/aromatic N) is 1. The van der Waals surface area contributed by atoms with Gasteiger partial charge in [0.25, 0.3) is 0 Å². The van der Waals surface area contributed by atoms with Crippen LogP contribution in [0.15, 0.2) is 12.7 Å². The van der Waals surface area contributed by atoms with Crippen molar-refractivity contribution in [2.75, 3.05) is 19.6 Å². The van der Waals surface area contributed by atoms with E-state index >= 15 is 0 Å². The van der Waals surface area contributed by atoms with Gasteiger partial charge in [-0.3, -0.25) is 4.90 Å². The van der Waals surface area contributed by atoms with Crippen LogP contribution in [0.5, 0.6) is 0 Å². The Hall–Kier alpha value is -0.340. The first-order valence-electron chi connectivity index (χ1n) is 6.92. The van der Waals surface area contributed by atoms with Gasteiger partial charge in [-0.2, -0.15) is 0 Å². The Morgan fingerprint density at radius 3 is 2.88 bits per heavy atom. The second kappa shape index (κ2) is 5.83. The summed E-state index contributed by atoms with van der Waals surface area (Å²) in [5.41, 5.74) is 0. The molecule has 0 radical (unpaired) electrons. The molecule has 16 heavy (non-hydrogen) atoms. The van der Waals surface area contributed by atoms with Gasteiger partial charge in [-0.1, -0.05) is 25.8 Å². The molecule has 2 nitrogen and oxygen atoms in total. The van der Waals surface area contributed by atoms with E-state index in [1.165, 1.54) is 38.6 Å². The number of rotatable bonds is 5. The van der Waals surface area contributed by atoms with Crippen molar-refractivity contribution in [1.82, 2.24) is 10.2 Å². The van der Waals surface area contributed by atoms with E-state index in [-0.39, 0.29) is 0 Å². The molecule has 2 rings (SSSR count). The Balaban J connectivity index is 1.80. The van der Waals surface area contributed by atoms with E-state index in [1.807, 2.05) is 6.08 Å². The van der Waals surface area contributed by atoms with E-state index in [9.17, 15) is 0 Å². The number of fused-ring (bicyclic) bond motifs is 1. The molecule has 2 fully saturated rings. The molecule has 2 aliphatic rings. The second-order valence-corrected chi connectivity index (χ2v) is 5.39. The average Bonchev–Trinajstić information content (AvgIpc) is 2.70. The van der Waals surface area contributed by atoms with Crippen LogP contribution in [0.3, 0.4) is 0 Å². The number of hydrogen-bond acceptors (Lipinski definition) is 2. The predicted molar refractivity (Wildman–Crippen MR) is 69.6 cm³/mol. The van der Waals surface area contributed by atoms with Crippen LogP contribution in [0.1, 0.15) is 39.0 Å². The zero-order chi connectivity index (χ0) is 11.4. The summed E-state index contributed by atoms with van der Waals surface area (Å²) in [4.78, 5) is 2.49. The lowest BCUT2D eigenvalue weighted by molar-refractivity contribution is 0.283. The fraction of sp³-hybridized carbons (Fsp3) is 0.857. The average molecular weight is 222 g/mol. The van der Waals surface area contributed by atoms with Gasteiger partial charge >= 0.3 is 0 Å². The third kappa shape index (κ3) is 2.86. The summed E-state index contributed by atoms with van der Waals surface area (Å²) in [5, 5.41) is 3.84. The van der Waals surface area contributed by atoms with Crippen molar-refractivity contribution in [3.05, 3.63) is 12.7 Å². The SMILES string of the molecule is C=CCN(CC)CC1CC2CCCCC2N1. The first-order valence-corrected chi connectivity index (χ1v) is 6.92. The molecule has 92 valence electrons. The molecule has 0 spiro atoms. The van der Waals surface area contributed by atoms with E-state index in [4.69, 9.17) is 0 Å². The number of likely N-dealkylation sites (N-methyl/N-ethyl adjacent to an activating group) is 1. The van der Waals surface area contributed by atoms with Crippen molar-refractivity contribution in [2.24, 2.45) is 5.92 Å². The molecule has 3 unspecified atom stereocenters. The van der Waals surface area contributed by atoms with Crippen LogP contribution < -0.4 is 5.32 Å². The molecule has 0 aromatic carbocycles. The number of nitrogens with one attached hydrogen (secondary N) is 1. The molecule has 1 aliphatic heterocycles. The molecule has 1 saturated carbocycles. The van der Waals surface area contributed by atoms with Crippen LogP contribution in [0, 0.1) is 5.92 Å². The largest absolute Gasteiger partial charge is 0.310 e. The van der Waals surface area contributed by atoms with Gasteiger partial charge in [-0.15, -0.1) is 6.58 Å². The van der Waals surface area contributed by atoms with Crippen molar-refractivity contribution in [2.45, 2.75) is 51.1 Å². The van der Waals surface area contributed by atoms with E-state index < -0.39 is 0 Å². The molecule has 1 heterocycles. The fourth-order valence-corrected chi connectivity index (χ4v) is 3.40. The molecule has 0 amide bonds. The van der Waals surface area contributed by atoms with Crippen molar-refractivity contribution in [3.63, 3.8) is 0 Å². The highest BCUT2D eigenvalue weighted by Gasteiger charge is 2.35. The Morgan fingerprint density at radius 1 is 1.38 bits per heavy atom. The van der Waals surface area contributed by atoms with Crippen LogP contribution in [0.2, 0.25) is 0 Å². The zero-order valence-corrected chi connectivity index (χ0v) is 10.6. The molecule has 0 aromatic rings. The van der Waals surface area contributed by atoms with Gasteiger partial charge in [0.1, 0.15) is 0 Å². The summed E-state index contributed by atoms with van der Waals surface area (Å²) >= 11 is 0. The Morgan fingerprint density at radius 2 is 2.19 bits per heavy atom. The van der Waals surface area contributed by atoms with Gasteiger partial charge in [0.15, 0.2) is 0 Å². The summed E-state index contributed by atoms with van der Waals surface area (Å²) in [6, 6.07) is 1.56. The standard InChI is InChI=1S/C14H26N2/c1-3-9-16(4-2)11-13-10-12-7-5-6-8-14(12)15-13/h3,12-15H,1,4-11H2,2H3. The Labute approximate surface area is 100 Å². The Kier molecular flexibility index (Phi) is 4.42. The van der Waals surface area contributed by atoms with Crippen LogP contribution >= 0.6 is 0 Å². The minimum absolute atomic E-state index is 0.730. The third-order valence-corrected chi connectivity index (χ3v) is 4.26. The fourth-order valence-electron chi connectivity index (χ4n) is 3.40. The molecule has 1 N–H and O–H groups in total. The maximum absolute atomic E-state index is 3.84. The highest BCUT2D eigenvalue weighted by Crippen LogP contribution is 2.33. The van der Waals surface area contributed by atoms with Crippen molar-refractivity contribution in [1.29, 1.82) is 0 Å². The van der Waals surface area contributed by atoms with Crippen molar-refractivity contribution < 1.29 is 0 Å². The summed E-state index contributed by atoms with van der Waals surface area (Å²) in [7, 11) is 0. The van der Waals surface area contributed by atoms with E-state index in [1.54, 1.807) is 0 Å². The lowest BCUT2D eigenvalue weighted by Crippen LogP contribution is -2.40. The quantitative estimate of drug-likeness (QED) is 0.719. The first-order chi connectivity index (χ1) is 7.83. The van der Waals surface area contributed by atoms with Gasteiger partial charge in [-0.05, 0) is 31.7 Å². The van der Waals surface area contributed by atoms with Gasteiger partial charge in [-0.25, -0.2) is 0 Å². The molecular weight excluding hydrogens is 196 g/mol. The monoisotopic (exact) mass is 222 g/mol. The molecule has 1 aliphatic carbocycles. The topological polar surface area (TPSA) is 15.3 Å². The van der Waals surface area contributed by atoms with Crippen LogP contribution in [0.4, 0.5) is 0 Å². The molecule has 2 heteroatoms. The normalized spacial score (nSPS) is 34.0. The summed E-state index contributed by atoms with van der Waals surface area (Å²) < 4.78 is 0. The maximum atomic E-state index is 3.84. The lowest BCUT2D eigenvalue weighted by atomic mass is 9.85. The van der Waals surface area contributed by atoms with E-state index in [2.05, 4.69) is 23.7 Å². The molecular formula is C14H26N2. The highest BCUT2D eigenvalue weighted by atomic mass is 15.2. The number of hydrogen-bond donors (Lipinski definition) is 1. The minimum Gasteiger partial charge on any atom is -0.310 e. The smallest absolute Gasteiger partial charge is 0.0201 e. The summed E-state index contributed by atoms with van der Waals surface area (Å²) in [5.74, 6) is 0.973. The Bertz CT molecular complexity index is 213. The van der Waals surface area contributed by atoms with E-state index in [0.717, 1.165) is 31.1 Å². The maximum Gasteiger partial charge on any atom is 0.0201 e. The van der Waals surface area contributed by atoms with Gasteiger partial charge in [0, 0.05) is 25.2 Å². The van der Waals surface area contributed by atoms with Crippen LogP contribution in [0.25, 0.3) is 0 Å². The van der Waals surface area contributed by atoms with E-state index in [0.29, 0.717) is 0 Å². The van der Waals surface area contributed by atoms with Crippen molar-refractivity contribution >= 4 is 0 Å². The predicted octanol–water partition coefficient (Wildman–Crippen LogP) is 2.42. The minimum atomic E-state index is 0.730. The molecule has 1 saturated heterocycles. The second-order valence-electron chi connectivity index (χ2n) is 5.39. The molecule has 3 atom stereocenters. The van der Waals surface area contributed by atoms with Gasteiger partial charge in [0.2, 0.25) is 0 Å². The molecule has 0 aromatic heterocycles. The lowest BCUT2D eigenvalue weighted by Gasteiger charge is -2.24. The molecule has 0 bridgehead atoms. The first kappa shape index (κ1) is 12.1. The summed E-state index contributed by atoms with van der Waals surface area (Å²) in [6.07, 6.45) is 9.19. The zero-order valence-electron chi connectivity index (χ0n) is 10.6. The van der Waals surface area contributed by atoms with Crippen molar-refractivity contribution in [3.8, 4) is 0 Å². The highest BCUT2D eigenvalue weighted by molar-refractivity contribution is 4.94. The summed E-state index contributed by atoms with van der Waals surface area (Å²) in [6.45, 7) is 9.45. The third-order valence-electron chi connectivity index (χ3n) is 4.26.